The van der Waals surface area contributed by atoms with Gasteiger partial charge in [0, 0.05) is 0 Å². The molecule has 1 aliphatic heterocycles. The number of hydrogen-bond acceptors (Lipinski definition) is 2. The third-order valence-electron chi connectivity index (χ3n) is 1.36. The molecule has 66 valence electrons. The lowest BCUT2D eigenvalue weighted by molar-refractivity contribution is -0.139. The lowest BCUT2D eigenvalue weighted by Gasteiger charge is -1.99. The number of rotatable bonds is 1. The molecule has 0 saturated carbocycles. The number of nitrogens with one attached hydrogen (secondary N) is 1. The highest BCUT2D eigenvalue weighted by Gasteiger charge is 2.20. The molecule has 2 N–H and O–H groups in total. The lowest BCUT2D eigenvalue weighted by Crippen LogP contribution is -2.29. The van der Waals surface area contributed by atoms with Crippen LogP contribution in [-0.2, 0) is 4.79 Å². The van der Waals surface area contributed by atoms with Gasteiger partial charge in [0.25, 0.3) is 0 Å². The first-order chi connectivity index (χ1) is 5.22. The Hall–Kier alpha value is 0.01000. The zero-order valence-corrected chi connectivity index (χ0v) is 7.53. The Kier molecular flexibility index (Phi) is 6.71. The summed E-state index contributed by atoms with van der Waals surface area (Å²) in [5.74, 6) is -0.720. The van der Waals surface area contributed by atoms with Gasteiger partial charge in [0.05, 0.1) is 5.34 Å². The van der Waals surface area contributed by atoms with Gasteiger partial charge in [-0.05, 0) is 19.4 Å². The number of halogens is 2. The van der Waals surface area contributed by atoms with Gasteiger partial charge in [-0.25, -0.2) is 0 Å². The van der Waals surface area contributed by atoms with Crippen molar-refractivity contribution in [1.82, 2.24) is 5.32 Å². The maximum absolute atomic E-state index is 10.1. The van der Waals surface area contributed by atoms with E-state index < -0.39 is 5.97 Å². The van der Waals surface area contributed by atoms with Crippen molar-refractivity contribution in [2.75, 3.05) is 11.9 Å². The summed E-state index contributed by atoms with van der Waals surface area (Å²) in [5, 5.41) is 11.4. The average Bonchev–Trinajstić information content (AvgIpc) is 2.38. The summed E-state index contributed by atoms with van der Waals surface area (Å²) in [5.41, 5.74) is 0. The van der Waals surface area contributed by atoms with Gasteiger partial charge in [0.2, 0.25) is 0 Å². The van der Waals surface area contributed by atoms with Gasteiger partial charge in [0.15, 0.2) is 0 Å². The number of aliphatic carboxylic acids is 1. The van der Waals surface area contributed by atoms with E-state index in [1.54, 1.807) is 0 Å². The molecule has 3 nitrogen and oxygen atoms in total. The summed E-state index contributed by atoms with van der Waals surface area (Å²) in [6.45, 7) is 0.858. The van der Waals surface area contributed by atoms with Crippen LogP contribution < -0.4 is 5.32 Å². The van der Waals surface area contributed by atoms with Crippen LogP contribution in [0.4, 0.5) is 0 Å². The zero-order chi connectivity index (χ0) is 8.69. The monoisotopic (exact) mass is 199 g/mol. The number of hydrogen-bond donors (Lipinski definition) is 2. The summed E-state index contributed by atoms with van der Waals surface area (Å²) >= 11 is 9.53. The van der Waals surface area contributed by atoms with Crippen LogP contribution in [-0.4, -0.2) is 29.0 Å². The third-order valence-corrected chi connectivity index (χ3v) is 1.36. The molecule has 11 heavy (non-hydrogen) atoms. The van der Waals surface area contributed by atoms with Gasteiger partial charge in [-0.3, -0.25) is 4.79 Å². The maximum Gasteiger partial charge on any atom is 0.320 e. The topological polar surface area (TPSA) is 49.3 Å². The molecule has 0 aromatic carbocycles. The highest BCUT2D eigenvalue weighted by atomic mass is 35.5. The Morgan fingerprint density at radius 1 is 1.64 bits per heavy atom. The van der Waals surface area contributed by atoms with Crippen LogP contribution in [0, 0.1) is 0 Å². The molecule has 0 aromatic heterocycles. The quantitative estimate of drug-likeness (QED) is 0.626. The first-order valence-electron chi connectivity index (χ1n) is 3.30. The molecule has 5 heteroatoms. The Bertz CT molecular complexity index is 115. The Balaban J connectivity index is 0.000000292. The Morgan fingerprint density at radius 2 is 2.18 bits per heavy atom. The fourth-order valence-electron chi connectivity index (χ4n) is 0.895. The van der Waals surface area contributed by atoms with Crippen molar-refractivity contribution in [3.05, 3.63) is 0 Å². The van der Waals surface area contributed by atoms with Crippen LogP contribution in [0.1, 0.15) is 12.8 Å². The predicted octanol–water partition coefficient (Wildman–Crippen LogP) is 1.24. The van der Waals surface area contributed by atoms with E-state index in [0.717, 1.165) is 19.4 Å². The Morgan fingerprint density at radius 3 is 2.36 bits per heavy atom. The summed E-state index contributed by atoms with van der Waals surface area (Å²) in [6, 6.07) is -0.269. The molecule has 0 radical (unpaired) electrons. The molecule has 1 atom stereocenters. The van der Waals surface area contributed by atoms with E-state index in [-0.39, 0.29) is 11.4 Å². The molecule has 0 aromatic rings. The normalized spacial score (nSPS) is 22.2. The molecule has 0 aliphatic carbocycles. The van der Waals surface area contributed by atoms with Gasteiger partial charge in [-0.15, -0.1) is 23.2 Å². The highest BCUT2D eigenvalue weighted by Crippen LogP contribution is 2.03. The van der Waals surface area contributed by atoms with Crippen LogP contribution >= 0.6 is 23.2 Å². The van der Waals surface area contributed by atoms with Gasteiger partial charge in [-0.1, -0.05) is 0 Å². The Labute approximate surface area is 75.7 Å². The van der Waals surface area contributed by atoms with E-state index in [1.807, 2.05) is 0 Å². The molecular weight excluding hydrogens is 189 g/mol. The second-order valence-electron chi connectivity index (χ2n) is 2.09. The van der Waals surface area contributed by atoms with E-state index in [2.05, 4.69) is 5.32 Å². The summed E-state index contributed by atoms with van der Waals surface area (Å²) in [6.07, 6.45) is 1.78. The number of carboxylic acid groups (broad SMARTS) is 1. The molecule has 1 unspecified atom stereocenters. The van der Waals surface area contributed by atoms with E-state index in [0.29, 0.717) is 0 Å². The van der Waals surface area contributed by atoms with Crippen LogP contribution in [0.25, 0.3) is 0 Å². The fraction of sp³-hybridized carbons (Fsp3) is 0.833. The molecule has 1 rings (SSSR count). The molecule has 1 aliphatic rings. The van der Waals surface area contributed by atoms with Crippen molar-refractivity contribution in [3.63, 3.8) is 0 Å². The molecule has 1 saturated heterocycles. The third kappa shape index (κ3) is 5.30. The van der Waals surface area contributed by atoms with Crippen molar-refractivity contribution in [1.29, 1.82) is 0 Å². The molecular formula is C6H11Cl2NO2. The number of carbonyl (C=O) groups is 1. The number of carboxylic acids is 1. The van der Waals surface area contributed by atoms with Crippen LogP contribution in [0.15, 0.2) is 0 Å². The van der Waals surface area contributed by atoms with Crippen molar-refractivity contribution >= 4 is 29.2 Å². The van der Waals surface area contributed by atoms with Crippen LogP contribution in [0.2, 0.25) is 0 Å². The first kappa shape index (κ1) is 11.0. The predicted molar refractivity (Wildman–Crippen MR) is 45.2 cm³/mol. The minimum atomic E-state index is -0.720. The minimum absolute atomic E-state index is 0.194. The first-order valence-corrected chi connectivity index (χ1v) is 4.37. The summed E-state index contributed by atoms with van der Waals surface area (Å²) in [4.78, 5) is 10.1. The lowest BCUT2D eigenvalue weighted by atomic mass is 10.2. The average molecular weight is 200 g/mol. The smallest absolute Gasteiger partial charge is 0.320 e. The molecule has 0 bridgehead atoms. The van der Waals surface area contributed by atoms with Gasteiger partial charge in [-0.2, -0.15) is 0 Å². The van der Waals surface area contributed by atoms with Crippen LogP contribution in [0.3, 0.4) is 0 Å². The molecule has 0 spiro atoms. The van der Waals surface area contributed by atoms with Crippen molar-refractivity contribution in [2.45, 2.75) is 18.9 Å². The van der Waals surface area contributed by atoms with Crippen molar-refractivity contribution in [2.24, 2.45) is 0 Å². The molecule has 1 heterocycles. The second-order valence-corrected chi connectivity index (χ2v) is 2.90. The summed E-state index contributed by atoms with van der Waals surface area (Å²) < 4.78 is 0. The number of alkyl halides is 2. The minimum Gasteiger partial charge on any atom is -0.480 e. The van der Waals surface area contributed by atoms with Crippen molar-refractivity contribution in [3.8, 4) is 0 Å². The molecule has 1 fully saturated rings. The van der Waals surface area contributed by atoms with E-state index >= 15 is 0 Å². The van der Waals surface area contributed by atoms with E-state index in [4.69, 9.17) is 28.3 Å². The van der Waals surface area contributed by atoms with Gasteiger partial charge < -0.3 is 10.4 Å². The highest BCUT2D eigenvalue weighted by molar-refractivity contribution is 6.40. The fourth-order valence-corrected chi connectivity index (χ4v) is 0.895. The summed E-state index contributed by atoms with van der Waals surface area (Å²) in [7, 11) is 0. The van der Waals surface area contributed by atoms with Gasteiger partial charge >= 0.3 is 5.97 Å². The van der Waals surface area contributed by atoms with E-state index in [1.165, 1.54) is 0 Å². The van der Waals surface area contributed by atoms with Crippen molar-refractivity contribution < 1.29 is 9.90 Å². The largest absolute Gasteiger partial charge is 0.480 e. The van der Waals surface area contributed by atoms with Gasteiger partial charge in [0.1, 0.15) is 6.04 Å². The van der Waals surface area contributed by atoms with Crippen LogP contribution in [0.5, 0.6) is 0 Å². The maximum atomic E-state index is 10.1. The standard InChI is InChI=1S/C5H9NO2.CH2Cl2/c7-5(8)4-2-1-3-6-4;2-1-3/h4,6H,1-3H2,(H,7,8);1H2. The second kappa shape index (κ2) is 6.70. The van der Waals surface area contributed by atoms with E-state index in [9.17, 15) is 4.79 Å². The SMILES string of the molecule is ClCCl.O=C(O)C1CCCN1. The zero-order valence-electron chi connectivity index (χ0n) is 6.02. The molecule has 0 amide bonds.